The molecule has 0 aliphatic heterocycles. The molecule has 0 amide bonds. The van der Waals surface area contributed by atoms with Gasteiger partial charge in [-0.2, -0.15) is 0 Å². The second-order valence-electron chi connectivity index (χ2n) is 4.57. The van der Waals surface area contributed by atoms with Crippen molar-refractivity contribution in [2.75, 3.05) is 0 Å². The Labute approximate surface area is 133 Å². The summed E-state index contributed by atoms with van der Waals surface area (Å²) in [7, 11) is -3.74. The van der Waals surface area contributed by atoms with E-state index in [9.17, 15) is 18.3 Å². The fourth-order valence-corrected chi connectivity index (χ4v) is 2.27. The summed E-state index contributed by atoms with van der Waals surface area (Å²) in [4.78, 5) is 10.9. The van der Waals surface area contributed by atoms with Crippen LogP contribution in [0.5, 0.6) is 0 Å². The summed E-state index contributed by atoms with van der Waals surface area (Å²) < 4.78 is 22.2. The Kier molecular flexibility index (Phi) is 6.23. The minimum atomic E-state index is -3.74. The Bertz CT molecular complexity index is 643. The number of aliphatic hydroxyl groups is 1. The normalized spacial score (nSPS) is 14.0. The smallest absolute Gasteiger partial charge is 0.328 e. The molecule has 10 heteroatoms. The van der Waals surface area contributed by atoms with Crippen molar-refractivity contribution >= 4 is 33.3 Å². The number of carboxylic acid groups (broad SMARTS) is 1. The lowest BCUT2D eigenvalue weighted by atomic mass is 10.2. The highest BCUT2D eigenvalue weighted by atomic mass is 32.2. The third-order valence-electron chi connectivity index (χ3n) is 2.74. The number of carboxylic acids is 1. The summed E-state index contributed by atoms with van der Waals surface area (Å²) >= 11 is 4.94. The van der Waals surface area contributed by atoms with Crippen LogP contribution in [-0.2, 0) is 21.4 Å². The molecule has 0 bridgehead atoms. The van der Waals surface area contributed by atoms with Crippen LogP contribution in [0.3, 0.4) is 0 Å². The number of carbonyl (C=O) groups is 1. The molecule has 0 fully saturated rings. The van der Waals surface area contributed by atoms with Crippen LogP contribution in [0.1, 0.15) is 12.5 Å². The molecule has 0 saturated carbocycles. The second-order valence-corrected chi connectivity index (χ2v) is 6.54. The Balaban J connectivity index is 2.59. The van der Waals surface area contributed by atoms with E-state index in [-0.39, 0.29) is 16.6 Å². The predicted octanol–water partition coefficient (Wildman–Crippen LogP) is -0.868. The number of benzene rings is 1. The van der Waals surface area contributed by atoms with Gasteiger partial charge in [0, 0.05) is 6.54 Å². The van der Waals surface area contributed by atoms with E-state index in [2.05, 4.69) is 10.6 Å². The maximum absolute atomic E-state index is 11.1. The Morgan fingerprint density at radius 2 is 1.91 bits per heavy atom. The number of nitrogens with one attached hydrogen (secondary N) is 2. The van der Waals surface area contributed by atoms with Crippen molar-refractivity contribution in [3.8, 4) is 0 Å². The zero-order valence-corrected chi connectivity index (χ0v) is 13.3. The quantitative estimate of drug-likeness (QED) is 0.418. The lowest BCUT2D eigenvalue weighted by Gasteiger charge is -2.19. The van der Waals surface area contributed by atoms with Crippen LogP contribution in [0.25, 0.3) is 0 Å². The van der Waals surface area contributed by atoms with Gasteiger partial charge in [-0.3, -0.25) is 0 Å². The molecular formula is C12H17N3O5S2. The standard InChI is InChI=1S/C12H17N3O5S2/c1-7(16)10(11(17)18)15-12(21)14-6-8-2-4-9(5-3-8)22(13,19)20/h2-5,7,10,16H,6H2,1H3,(H,17,18)(H2,13,19,20)(H2,14,15,21). The lowest BCUT2D eigenvalue weighted by molar-refractivity contribution is -0.141. The van der Waals surface area contributed by atoms with Gasteiger partial charge < -0.3 is 20.8 Å². The molecule has 0 radical (unpaired) electrons. The average Bonchev–Trinajstić information content (AvgIpc) is 2.41. The average molecular weight is 347 g/mol. The van der Waals surface area contributed by atoms with Crippen LogP contribution in [0.15, 0.2) is 29.2 Å². The summed E-state index contributed by atoms with van der Waals surface area (Å²) in [5.41, 5.74) is 0.723. The van der Waals surface area contributed by atoms with Gasteiger partial charge in [-0.15, -0.1) is 0 Å². The van der Waals surface area contributed by atoms with E-state index < -0.39 is 28.1 Å². The number of hydrogen-bond donors (Lipinski definition) is 5. The van der Waals surface area contributed by atoms with Crippen molar-refractivity contribution in [1.29, 1.82) is 0 Å². The number of primary sulfonamides is 1. The van der Waals surface area contributed by atoms with E-state index in [1.165, 1.54) is 19.1 Å². The topological polar surface area (TPSA) is 142 Å². The first-order valence-electron chi connectivity index (χ1n) is 6.18. The monoisotopic (exact) mass is 347 g/mol. The van der Waals surface area contributed by atoms with Gasteiger partial charge in [-0.1, -0.05) is 12.1 Å². The van der Waals surface area contributed by atoms with E-state index in [1.807, 2.05) is 0 Å². The van der Waals surface area contributed by atoms with Crippen LogP contribution in [0.2, 0.25) is 0 Å². The highest BCUT2D eigenvalue weighted by molar-refractivity contribution is 7.89. The third kappa shape index (κ3) is 5.56. The number of rotatable bonds is 6. The fourth-order valence-electron chi connectivity index (χ4n) is 1.56. The Morgan fingerprint density at radius 3 is 2.32 bits per heavy atom. The number of thiocarbonyl (C=S) groups is 1. The van der Waals surface area contributed by atoms with Crippen LogP contribution < -0.4 is 15.8 Å². The first-order valence-corrected chi connectivity index (χ1v) is 8.13. The molecule has 22 heavy (non-hydrogen) atoms. The van der Waals surface area contributed by atoms with Crippen LogP contribution in [0.4, 0.5) is 0 Å². The lowest BCUT2D eigenvalue weighted by Crippen LogP contribution is -2.50. The number of sulfonamides is 1. The van der Waals surface area contributed by atoms with Gasteiger partial charge in [0.2, 0.25) is 10.0 Å². The third-order valence-corrected chi connectivity index (χ3v) is 3.93. The molecule has 0 aliphatic rings. The van der Waals surface area contributed by atoms with Gasteiger partial charge in [0.1, 0.15) is 0 Å². The highest BCUT2D eigenvalue weighted by Crippen LogP contribution is 2.08. The fraction of sp³-hybridized carbons (Fsp3) is 0.333. The zero-order chi connectivity index (χ0) is 16.9. The van der Waals surface area contributed by atoms with Crippen LogP contribution in [-0.4, -0.2) is 41.9 Å². The van der Waals surface area contributed by atoms with Crippen molar-refractivity contribution in [2.24, 2.45) is 5.14 Å². The molecule has 0 aromatic heterocycles. The van der Waals surface area contributed by atoms with Crippen molar-refractivity contribution < 1.29 is 23.4 Å². The number of nitrogens with two attached hydrogens (primary N) is 1. The van der Waals surface area contributed by atoms with Gasteiger partial charge in [-0.05, 0) is 36.8 Å². The van der Waals surface area contributed by atoms with Crippen molar-refractivity contribution in [3.63, 3.8) is 0 Å². The number of aliphatic carboxylic acids is 1. The maximum Gasteiger partial charge on any atom is 0.328 e. The maximum atomic E-state index is 11.1. The Hall–Kier alpha value is -1.75. The van der Waals surface area contributed by atoms with Gasteiger partial charge in [0.05, 0.1) is 11.0 Å². The number of hydrogen-bond acceptors (Lipinski definition) is 5. The Morgan fingerprint density at radius 1 is 1.36 bits per heavy atom. The van der Waals surface area contributed by atoms with E-state index >= 15 is 0 Å². The van der Waals surface area contributed by atoms with Gasteiger partial charge in [-0.25, -0.2) is 18.4 Å². The summed E-state index contributed by atoms with van der Waals surface area (Å²) in [6, 6.07) is 4.61. The zero-order valence-electron chi connectivity index (χ0n) is 11.7. The van der Waals surface area contributed by atoms with Crippen LogP contribution >= 0.6 is 12.2 Å². The molecule has 8 nitrogen and oxygen atoms in total. The summed E-state index contributed by atoms with van der Waals surface area (Å²) in [5.74, 6) is -1.23. The molecule has 0 aliphatic carbocycles. The van der Waals surface area contributed by atoms with Crippen molar-refractivity contribution in [2.45, 2.75) is 30.5 Å². The molecular weight excluding hydrogens is 330 g/mol. The summed E-state index contributed by atoms with van der Waals surface area (Å²) in [6.45, 7) is 1.59. The van der Waals surface area contributed by atoms with Crippen molar-refractivity contribution in [1.82, 2.24) is 10.6 Å². The molecule has 0 saturated heterocycles. The van der Waals surface area contributed by atoms with E-state index in [0.29, 0.717) is 0 Å². The van der Waals surface area contributed by atoms with Crippen LogP contribution in [0, 0.1) is 0 Å². The van der Waals surface area contributed by atoms with Gasteiger partial charge >= 0.3 is 5.97 Å². The largest absolute Gasteiger partial charge is 0.480 e. The van der Waals surface area contributed by atoms with Gasteiger partial charge in [0.25, 0.3) is 0 Å². The number of aliphatic hydroxyl groups excluding tert-OH is 1. The molecule has 0 heterocycles. The molecule has 2 unspecified atom stereocenters. The van der Waals surface area contributed by atoms with Gasteiger partial charge in [0.15, 0.2) is 11.2 Å². The summed E-state index contributed by atoms with van der Waals surface area (Å²) in [5, 5.41) is 28.5. The molecule has 6 N–H and O–H groups in total. The molecule has 1 aromatic carbocycles. The molecule has 122 valence electrons. The predicted molar refractivity (Wildman–Crippen MR) is 83.5 cm³/mol. The first-order chi connectivity index (χ1) is 10.1. The molecule has 2 atom stereocenters. The highest BCUT2D eigenvalue weighted by Gasteiger charge is 2.23. The minimum absolute atomic E-state index is 0.00278. The second kappa shape index (κ2) is 7.49. The summed E-state index contributed by atoms with van der Waals surface area (Å²) in [6.07, 6.45) is -1.12. The van der Waals surface area contributed by atoms with Crippen molar-refractivity contribution in [3.05, 3.63) is 29.8 Å². The molecule has 1 rings (SSSR count). The van der Waals surface area contributed by atoms with E-state index in [4.69, 9.17) is 22.5 Å². The first kappa shape index (κ1) is 18.3. The molecule has 1 aromatic rings. The molecule has 0 spiro atoms. The van der Waals surface area contributed by atoms with E-state index in [0.717, 1.165) is 5.56 Å². The van der Waals surface area contributed by atoms with E-state index in [1.54, 1.807) is 12.1 Å². The SMILES string of the molecule is CC(O)C(NC(=S)NCc1ccc(S(N)(=O)=O)cc1)C(=O)O. The minimum Gasteiger partial charge on any atom is -0.480 e.